The Balaban J connectivity index is 1.91. The average Bonchev–Trinajstić information content (AvgIpc) is 2.52. The van der Waals surface area contributed by atoms with E-state index in [9.17, 15) is 0 Å². The maximum atomic E-state index is 5.84. The summed E-state index contributed by atoms with van der Waals surface area (Å²) in [6.45, 7) is 8.17. The van der Waals surface area contributed by atoms with Gasteiger partial charge in [-0.1, -0.05) is 25.4 Å². The lowest BCUT2D eigenvalue weighted by atomic mass is 9.85. The Morgan fingerprint density at radius 2 is 2.25 bits per heavy atom. The summed E-state index contributed by atoms with van der Waals surface area (Å²) in [5.41, 5.74) is 0.514. The maximum absolute atomic E-state index is 5.84. The molecule has 1 aromatic rings. The molecule has 2 rings (SSSR count). The van der Waals surface area contributed by atoms with Gasteiger partial charge in [0.25, 0.3) is 0 Å². The smallest absolute Gasteiger partial charge is 0.183 e. The fourth-order valence-electron chi connectivity index (χ4n) is 2.21. The lowest BCUT2D eigenvalue weighted by Crippen LogP contribution is -2.24. The number of hydrogen-bond donors (Lipinski definition) is 0. The molecule has 0 saturated carbocycles. The number of halogens is 1. The van der Waals surface area contributed by atoms with Crippen molar-refractivity contribution in [3.05, 3.63) is 15.5 Å². The topological polar surface area (TPSA) is 16.1 Å². The van der Waals surface area contributed by atoms with E-state index in [-0.39, 0.29) is 0 Å². The van der Waals surface area contributed by atoms with Gasteiger partial charge in [-0.3, -0.25) is 4.90 Å². The van der Waals surface area contributed by atoms with Gasteiger partial charge in [0.1, 0.15) is 0 Å². The maximum Gasteiger partial charge on any atom is 0.183 e. The van der Waals surface area contributed by atoms with Gasteiger partial charge in [0.05, 0.1) is 0 Å². The predicted molar refractivity (Wildman–Crippen MR) is 70.0 cm³/mol. The van der Waals surface area contributed by atoms with E-state index in [1.807, 2.05) is 6.20 Å². The van der Waals surface area contributed by atoms with Gasteiger partial charge in [0.15, 0.2) is 4.47 Å². The van der Waals surface area contributed by atoms with Crippen molar-refractivity contribution in [3.8, 4) is 0 Å². The Morgan fingerprint density at radius 1 is 1.44 bits per heavy atom. The zero-order valence-corrected chi connectivity index (χ0v) is 11.6. The molecular formula is C12H19ClN2S. The predicted octanol–water partition coefficient (Wildman–Crippen LogP) is 3.81. The minimum absolute atomic E-state index is 0.514. The van der Waals surface area contributed by atoms with Crippen molar-refractivity contribution in [1.82, 2.24) is 9.88 Å². The van der Waals surface area contributed by atoms with Crippen LogP contribution >= 0.6 is 22.9 Å². The van der Waals surface area contributed by atoms with E-state index in [4.69, 9.17) is 11.6 Å². The summed E-state index contributed by atoms with van der Waals surface area (Å²) in [6.07, 6.45) is 5.84. The van der Waals surface area contributed by atoms with E-state index < -0.39 is 0 Å². The van der Waals surface area contributed by atoms with Crippen molar-refractivity contribution in [1.29, 1.82) is 0 Å². The second kappa shape index (κ2) is 5.03. The van der Waals surface area contributed by atoms with Crippen LogP contribution in [0, 0.1) is 5.41 Å². The van der Waals surface area contributed by atoms with Crippen molar-refractivity contribution in [2.75, 3.05) is 13.1 Å². The number of thiazole rings is 1. The first-order valence-corrected chi connectivity index (χ1v) is 7.07. The van der Waals surface area contributed by atoms with Gasteiger partial charge in [0.2, 0.25) is 0 Å². The lowest BCUT2D eigenvalue weighted by Gasteiger charge is -2.22. The van der Waals surface area contributed by atoms with E-state index in [1.165, 1.54) is 37.2 Å². The van der Waals surface area contributed by atoms with E-state index in [1.54, 1.807) is 11.3 Å². The van der Waals surface area contributed by atoms with Crippen LogP contribution in [0.4, 0.5) is 0 Å². The molecule has 90 valence electrons. The first-order chi connectivity index (χ1) is 7.55. The highest BCUT2D eigenvalue weighted by Gasteiger charge is 2.23. The van der Waals surface area contributed by atoms with Gasteiger partial charge in [-0.15, -0.1) is 11.3 Å². The third-order valence-corrected chi connectivity index (χ3v) is 4.44. The molecule has 0 radical (unpaired) electrons. The zero-order valence-electron chi connectivity index (χ0n) is 10.0. The number of likely N-dealkylation sites (tertiary alicyclic amines) is 1. The molecule has 2 heterocycles. The third kappa shape index (κ3) is 3.44. The van der Waals surface area contributed by atoms with E-state index in [0.29, 0.717) is 9.88 Å². The Bertz CT molecular complexity index is 349. The Labute approximate surface area is 107 Å². The highest BCUT2D eigenvalue weighted by molar-refractivity contribution is 7.15. The largest absolute Gasteiger partial charge is 0.298 e. The fourth-order valence-corrected chi connectivity index (χ4v) is 3.23. The molecule has 0 amide bonds. The third-order valence-electron chi connectivity index (χ3n) is 3.34. The highest BCUT2D eigenvalue weighted by atomic mass is 35.5. The molecular weight excluding hydrogens is 240 g/mol. The molecule has 0 unspecified atom stereocenters. The molecule has 0 bridgehead atoms. The van der Waals surface area contributed by atoms with E-state index in [0.717, 1.165) is 6.54 Å². The first kappa shape index (κ1) is 12.3. The second-order valence-electron chi connectivity index (χ2n) is 5.37. The second-order valence-corrected chi connectivity index (χ2v) is 7.07. The van der Waals surface area contributed by atoms with Crippen LogP contribution in [-0.4, -0.2) is 23.0 Å². The SMILES string of the molecule is CC1(C)CCCN(Cc2cnc(Cl)s2)CC1. The summed E-state index contributed by atoms with van der Waals surface area (Å²) in [4.78, 5) is 7.90. The van der Waals surface area contributed by atoms with Crippen LogP contribution in [0.2, 0.25) is 4.47 Å². The van der Waals surface area contributed by atoms with Crippen molar-refractivity contribution >= 4 is 22.9 Å². The summed E-state index contributed by atoms with van der Waals surface area (Å²) >= 11 is 7.45. The zero-order chi connectivity index (χ0) is 11.6. The molecule has 16 heavy (non-hydrogen) atoms. The van der Waals surface area contributed by atoms with Crippen molar-refractivity contribution < 1.29 is 0 Å². The molecule has 0 atom stereocenters. The molecule has 1 aliphatic rings. The summed E-state index contributed by atoms with van der Waals surface area (Å²) in [5, 5.41) is 0. The number of aromatic nitrogens is 1. The van der Waals surface area contributed by atoms with E-state index in [2.05, 4.69) is 23.7 Å². The Hall–Kier alpha value is -0.120. The molecule has 0 N–H and O–H groups in total. The van der Waals surface area contributed by atoms with Gasteiger partial charge < -0.3 is 0 Å². The number of rotatable bonds is 2. The van der Waals surface area contributed by atoms with Crippen LogP contribution in [0.5, 0.6) is 0 Å². The van der Waals surface area contributed by atoms with Gasteiger partial charge in [0, 0.05) is 17.6 Å². The van der Waals surface area contributed by atoms with Crippen LogP contribution < -0.4 is 0 Å². The molecule has 1 fully saturated rings. The quantitative estimate of drug-likeness (QED) is 0.802. The van der Waals surface area contributed by atoms with Crippen molar-refractivity contribution in [2.45, 2.75) is 39.7 Å². The molecule has 1 saturated heterocycles. The summed E-state index contributed by atoms with van der Waals surface area (Å²) < 4.78 is 0.658. The van der Waals surface area contributed by atoms with Crippen LogP contribution in [-0.2, 0) is 6.54 Å². The Morgan fingerprint density at radius 3 is 2.94 bits per heavy atom. The molecule has 1 aliphatic heterocycles. The molecule has 4 heteroatoms. The summed E-state index contributed by atoms with van der Waals surface area (Å²) in [5.74, 6) is 0. The van der Waals surface area contributed by atoms with E-state index >= 15 is 0 Å². The average molecular weight is 259 g/mol. The molecule has 0 aromatic carbocycles. The molecule has 2 nitrogen and oxygen atoms in total. The van der Waals surface area contributed by atoms with Gasteiger partial charge in [-0.2, -0.15) is 0 Å². The molecule has 1 aromatic heterocycles. The first-order valence-electron chi connectivity index (χ1n) is 5.88. The van der Waals surface area contributed by atoms with Gasteiger partial charge in [-0.05, 0) is 37.8 Å². The monoisotopic (exact) mass is 258 g/mol. The van der Waals surface area contributed by atoms with Crippen molar-refractivity contribution in [2.24, 2.45) is 5.41 Å². The van der Waals surface area contributed by atoms with Gasteiger partial charge >= 0.3 is 0 Å². The van der Waals surface area contributed by atoms with Crippen LogP contribution in [0.1, 0.15) is 38.0 Å². The van der Waals surface area contributed by atoms with Gasteiger partial charge in [-0.25, -0.2) is 4.98 Å². The normalized spacial score (nSPS) is 21.9. The Kier molecular flexibility index (Phi) is 3.88. The number of hydrogen-bond acceptors (Lipinski definition) is 3. The minimum Gasteiger partial charge on any atom is -0.298 e. The van der Waals surface area contributed by atoms with Crippen LogP contribution in [0.25, 0.3) is 0 Å². The summed E-state index contributed by atoms with van der Waals surface area (Å²) in [6, 6.07) is 0. The molecule has 0 aliphatic carbocycles. The molecule has 0 spiro atoms. The standard InChI is InChI=1S/C12H19ClN2S/c1-12(2)4-3-6-15(7-5-12)9-10-8-14-11(13)16-10/h8H,3-7,9H2,1-2H3. The highest BCUT2D eigenvalue weighted by Crippen LogP contribution is 2.30. The number of nitrogens with zero attached hydrogens (tertiary/aromatic N) is 2. The van der Waals surface area contributed by atoms with Crippen molar-refractivity contribution in [3.63, 3.8) is 0 Å². The van der Waals surface area contributed by atoms with Crippen LogP contribution in [0.3, 0.4) is 0 Å². The van der Waals surface area contributed by atoms with Crippen LogP contribution in [0.15, 0.2) is 6.20 Å². The minimum atomic E-state index is 0.514. The summed E-state index contributed by atoms with van der Waals surface area (Å²) in [7, 11) is 0. The lowest BCUT2D eigenvalue weighted by molar-refractivity contribution is 0.257. The fraction of sp³-hybridized carbons (Fsp3) is 0.750.